The molecule has 0 atom stereocenters. The summed E-state index contributed by atoms with van der Waals surface area (Å²) in [6.45, 7) is 3.51. The molecule has 2 aromatic rings. The van der Waals surface area contributed by atoms with Crippen LogP contribution in [0.1, 0.15) is 16.7 Å². The fraction of sp³-hybridized carbons (Fsp3) is 0.316. The number of thioether (sulfide) groups is 1. The molecule has 0 radical (unpaired) electrons. The van der Waals surface area contributed by atoms with Gasteiger partial charge in [0.1, 0.15) is 5.75 Å². The highest BCUT2D eigenvalue weighted by Crippen LogP contribution is 2.21. The van der Waals surface area contributed by atoms with Gasteiger partial charge in [0.25, 0.3) is 0 Å². The van der Waals surface area contributed by atoms with Gasteiger partial charge < -0.3 is 15.4 Å². The van der Waals surface area contributed by atoms with Gasteiger partial charge in [-0.1, -0.05) is 30.3 Å². The van der Waals surface area contributed by atoms with Crippen molar-refractivity contribution in [1.29, 1.82) is 0 Å². The second kappa shape index (κ2) is 11.3. The van der Waals surface area contributed by atoms with E-state index in [0.29, 0.717) is 6.54 Å². The van der Waals surface area contributed by atoms with E-state index in [-0.39, 0.29) is 24.0 Å². The number of aliphatic imine (C=N–C) groups is 1. The van der Waals surface area contributed by atoms with Gasteiger partial charge in [0.15, 0.2) is 5.96 Å². The molecule has 0 saturated heterocycles. The molecule has 0 heterocycles. The van der Waals surface area contributed by atoms with E-state index < -0.39 is 0 Å². The van der Waals surface area contributed by atoms with Gasteiger partial charge in [0, 0.05) is 30.6 Å². The number of benzene rings is 2. The summed E-state index contributed by atoms with van der Waals surface area (Å²) >= 11 is 1.77. The summed E-state index contributed by atoms with van der Waals surface area (Å²) in [6.07, 6.45) is 2.10. The van der Waals surface area contributed by atoms with Crippen LogP contribution in [0.15, 0.2) is 52.4 Å². The van der Waals surface area contributed by atoms with Gasteiger partial charge in [0.2, 0.25) is 0 Å². The predicted octanol–water partition coefficient (Wildman–Crippen LogP) is 4.21. The van der Waals surface area contributed by atoms with E-state index in [4.69, 9.17) is 4.74 Å². The maximum atomic E-state index is 5.38. The Morgan fingerprint density at radius 1 is 1.08 bits per heavy atom. The van der Waals surface area contributed by atoms with E-state index in [2.05, 4.69) is 47.0 Å². The third-order valence-electron chi connectivity index (χ3n) is 3.75. The number of ether oxygens (including phenoxy) is 1. The van der Waals surface area contributed by atoms with Crippen molar-refractivity contribution < 1.29 is 4.74 Å². The van der Waals surface area contributed by atoms with Crippen LogP contribution in [-0.4, -0.2) is 26.4 Å². The minimum absolute atomic E-state index is 0. The number of nitrogens with one attached hydrogen (secondary N) is 2. The van der Waals surface area contributed by atoms with Gasteiger partial charge in [-0.25, -0.2) is 0 Å². The molecule has 25 heavy (non-hydrogen) atoms. The summed E-state index contributed by atoms with van der Waals surface area (Å²) in [4.78, 5) is 5.59. The van der Waals surface area contributed by atoms with Crippen LogP contribution in [0.2, 0.25) is 0 Å². The molecule has 0 aliphatic rings. The van der Waals surface area contributed by atoms with Gasteiger partial charge in [-0.3, -0.25) is 4.99 Å². The lowest BCUT2D eigenvalue weighted by molar-refractivity contribution is 0.409. The Kier molecular flexibility index (Phi) is 9.74. The largest absolute Gasteiger partial charge is 0.496 e. The highest BCUT2D eigenvalue weighted by molar-refractivity contribution is 14.0. The molecule has 0 spiro atoms. The number of guanidine groups is 1. The van der Waals surface area contributed by atoms with E-state index >= 15 is 0 Å². The summed E-state index contributed by atoms with van der Waals surface area (Å²) in [5.74, 6) is 1.65. The highest BCUT2D eigenvalue weighted by atomic mass is 127. The molecule has 2 aromatic carbocycles. The zero-order valence-electron chi connectivity index (χ0n) is 15.1. The van der Waals surface area contributed by atoms with E-state index in [0.717, 1.165) is 23.8 Å². The summed E-state index contributed by atoms with van der Waals surface area (Å²) in [6, 6.07) is 14.5. The molecule has 4 nitrogen and oxygen atoms in total. The molecule has 0 aliphatic carbocycles. The summed E-state index contributed by atoms with van der Waals surface area (Å²) in [5, 5.41) is 6.70. The molecular weight excluding hydrogens is 445 g/mol. The lowest BCUT2D eigenvalue weighted by Gasteiger charge is -2.15. The molecular formula is C19H26IN3OS. The average molecular weight is 471 g/mol. The molecule has 0 aliphatic heterocycles. The first kappa shape index (κ1) is 21.6. The Labute approximate surface area is 171 Å². The topological polar surface area (TPSA) is 45.7 Å². The first-order valence-electron chi connectivity index (χ1n) is 7.88. The molecule has 0 amide bonds. The van der Waals surface area contributed by atoms with Crippen molar-refractivity contribution in [3.05, 3.63) is 59.2 Å². The quantitative estimate of drug-likeness (QED) is 0.287. The Morgan fingerprint density at radius 2 is 1.76 bits per heavy atom. The van der Waals surface area contributed by atoms with Gasteiger partial charge >= 0.3 is 0 Å². The molecule has 0 aromatic heterocycles. The number of hydrogen-bond donors (Lipinski definition) is 2. The minimum atomic E-state index is 0. The van der Waals surface area contributed by atoms with Crippen LogP contribution in [0.4, 0.5) is 0 Å². The second-order valence-electron chi connectivity index (χ2n) is 5.41. The Morgan fingerprint density at radius 3 is 2.40 bits per heavy atom. The molecule has 2 N–H and O–H groups in total. The van der Waals surface area contributed by atoms with Gasteiger partial charge in [0.05, 0.1) is 7.11 Å². The highest BCUT2D eigenvalue weighted by Gasteiger charge is 2.05. The summed E-state index contributed by atoms with van der Waals surface area (Å²) in [5.41, 5.74) is 3.65. The van der Waals surface area contributed by atoms with Crippen LogP contribution >= 0.6 is 35.7 Å². The lowest BCUT2D eigenvalue weighted by Crippen LogP contribution is -2.36. The number of hydrogen-bond acceptors (Lipinski definition) is 3. The van der Waals surface area contributed by atoms with Gasteiger partial charge in [-0.15, -0.1) is 35.7 Å². The molecule has 2 rings (SSSR count). The number of rotatable bonds is 6. The number of halogens is 1. The fourth-order valence-electron chi connectivity index (χ4n) is 2.43. The Bertz CT molecular complexity index is 707. The Hall–Kier alpha value is -1.41. The van der Waals surface area contributed by atoms with Crippen LogP contribution in [0.25, 0.3) is 0 Å². The van der Waals surface area contributed by atoms with Crippen LogP contribution < -0.4 is 15.4 Å². The van der Waals surface area contributed by atoms with Gasteiger partial charge in [-0.2, -0.15) is 0 Å². The minimum Gasteiger partial charge on any atom is -0.496 e. The fourth-order valence-corrected chi connectivity index (χ4v) is 3.13. The average Bonchev–Trinajstić information content (AvgIpc) is 2.62. The van der Waals surface area contributed by atoms with Crippen LogP contribution in [0.3, 0.4) is 0 Å². The van der Waals surface area contributed by atoms with E-state index in [9.17, 15) is 0 Å². The maximum absolute atomic E-state index is 5.38. The standard InChI is InChI=1S/C19H25N3OS.HI/c1-14-9-10-16(18(11-14)24-4)13-22-19(20-2)21-12-15-7-5-6-8-17(15)23-3;/h5-11H,12-13H2,1-4H3,(H2,20,21,22);1H. The van der Waals surface area contributed by atoms with Crippen molar-refractivity contribution in [2.75, 3.05) is 20.4 Å². The van der Waals surface area contributed by atoms with E-state index in [1.54, 1.807) is 25.9 Å². The molecule has 6 heteroatoms. The molecule has 0 saturated carbocycles. The third-order valence-corrected chi connectivity index (χ3v) is 4.57. The molecule has 0 unspecified atom stereocenters. The van der Waals surface area contributed by atoms with Crippen molar-refractivity contribution in [2.45, 2.75) is 24.9 Å². The first-order valence-corrected chi connectivity index (χ1v) is 9.10. The zero-order chi connectivity index (χ0) is 17.4. The Balaban J connectivity index is 0.00000312. The van der Waals surface area contributed by atoms with E-state index in [1.807, 2.05) is 24.3 Å². The third kappa shape index (κ3) is 6.43. The number of nitrogens with zero attached hydrogens (tertiary/aromatic N) is 1. The van der Waals surface area contributed by atoms with Crippen LogP contribution in [0.5, 0.6) is 5.75 Å². The number of methoxy groups -OCH3 is 1. The van der Waals surface area contributed by atoms with Crippen molar-refractivity contribution in [3.8, 4) is 5.75 Å². The molecule has 0 fully saturated rings. The van der Waals surface area contributed by atoms with Crippen LogP contribution in [0, 0.1) is 6.92 Å². The van der Waals surface area contributed by atoms with Crippen molar-refractivity contribution >= 4 is 41.7 Å². The SMILES string of the molecule is CN=C(NCc1ccccc1OC)NCc1ccc(C)cc1SC.I. The van der Waals surface area contributed by atoms with Crippen molar-refractivity contribution in [2.24, 2.45) is 4.99 Å². The van der Waals surface area contributed by atoms with Gasteiger partial charge in [-0.05, 0) is 36.4 Å². The maximum Gasteiger partial charge on any atom is 0.191 e. The van der Waals surface area contributed by atoms with Crippen molar-refractivity contribution in [3.63, 3.8) is 0 Å². The number of aryl methyl sites for hydroxylation is 1. The normalized spacial score (nSPS) is 10.8. The van der Waals surface area contributed by atoms with Crippen LogP contribution in [-0.2, 0) is 13.1 Å². The monoisotopic (exact) mass is 471 g/mol. The predicted molar refractivity (Wildman–Crippen MR) is 118 cm³/mol. The lowest BCUT2D eigenvalue weighted by atomic mass is 10.1. The molecule has 136 valence electrons. The second-order valence-corrected chi connectivity index (χ2v) is 6.25. The summed E-state index contributed by atoms with van der Waals surface area (Å²) < 4.78 is 5.38. The summed E-state index contributed by atoms with van der Waals surface area (Å²) in [7, 11) is 3.47. The molecule has 0 bridgehead atoms. The van der Waals surface area contributed by atoms with E-state index in [1.165, 1.54) is 16.0 Å². The smallest absolute Gasteiger partial charge is 0.191 e. The van der Waals surface area contributed by atoms with Crippen molar-refractivity contribution in [1.82, 2.24) is 10.6 Å². The number of para-hydroxylation sites is 1. The first-order chi connectivity index (χ1) is 11.7. The zero-order valence-corrected chi connectivity index (χ0v) is 18.3.